The fraction of sp³-hybridized carbons (Fsp3) is 0.304. The molecule has 1 aliphatic heterocycles. The number of anilines is 1. The third-order valence-electron chi connectivity index (χ3n) is 5.62. The van der Waals surface area contributed by atoms with Crippen LogP contribution in [0, 0.1) is 5.41 Å². The number of carbonyl (C=O) groups is 1. The highest BCUT2D eigenvalue weighted by molar-refractivity contribution is 6.00. The van der Waals surface area contributed by atoms with E-state index in [1.54, 1.807) is 4.68 Å². The molecule has 0 amide bonds. The van der Waals surface area contributed by atoms with E-state index in [2.05, 4.69) is 34.7 Å². The Labute approximate surface area is 174 Å². The fourth-order valence-electron chi connectivity index (χ4n) is 4.29. The molecule has 1 aliphatic carbocycles. The molecule has 1 aromatic heterocycles. The highest BCUT2D eigenvalue weighted by Crippen LogP contribution is 2.45. The first-order chi connectivity index (χ1) is 14.5. The molecule has 152 valence electrons. The van der Waals surface area contributed by atoms with Gasteiger partial charge in [-0.3, -0.25) is 4.79 Å². The summed E-state index contributed by atoms with van der Waals surface area (Å²) in [6, 6.07) is 17.5. The summed E-state index contributed by atoms with van der Waals surface area (Å²) in [5.74, 6) is 1.44. The molecule has 0 spiro atoms. The van der Waals surface area contributed by atoms with Gasteiger partial charge < -0.3 is 10.1 Å². The maximum absolute atomic E-state index is 13.1. The standard InChI is InChI=1S/C23H23N5O2/c1-23(2)12-18-20(19(29)13-23)21(28-22(24-18)25-26-27-28)16-9-6-10-17(11-16)30-14-15-7-4-3-5-8-15/h3-11,21H,12-14H2,1-2H3,(H,24,25,27). The summed E-state index contributed by atoms with van der Waals surface area (Å²) in [6.45, 7) is 4.70. The Morgan fingerprint density at radius 1 is 1.13 bits per heavy atom. The molecular weight excluding hydrogens is 378 g/mol. The van der Waals surface area contributed by atoms with E-state index in [1.165, 1.54) is 0 Å². The molecule has 2 heterocycles. The Morgan fingerprint density at radius 2 is 1.97 bits per heavy atom. The van der Waals surface area contributed by atoms with Gasteiger partial charge in [-0.15, -0.1) is 0 Å². The van der Waals surface area contributed by atoms with Crippen molar-refractivity contribution in [1.29, 1.82) is 0 Å². The summed E-state index contributed by atoms with van der Waals surface area (Å²) in [6.07, 6.45) is 1.29. The van der Waals surface area contributed by atoms with Crippen LogP contribution in [0.1, 0.15) is 43.9 Å². The van der Waals surface area contributed by atoms with Crippen LogP contribution in [0.25, 0.3) is 0 Å². The van der Waals surface area contributed by atoms with Gasteiger partial charge >= 0.3 is 0 Å². The van der Waals surface area contributed by atoms with Gasteiger partial charge in [-0.1, -0.05) is 61.4 Å². The molecule has 1 unspecified atom stereocenters. The van der Waals surface area contributed by atoms with Gasteiger partial charge in [-0.2, -0.15) is 4.68 Å². The van der Waals surface area contributed by atoms with Gasteiger partial charge in [0.25, 0.3) is 0 Å². The molecule has 30 heavy (non-hydrogen) atoms. The largest absolute Gasteiger partial charge is 0.489 e. The number of nitrogens with one attached hydrogen (secondary N) is 1. The number of benzene rings is 2. The molecule has 2 aliphatic rings. The van der Waals surface area contributed by atoms with E-state index >= 15 is 0 Å². The van der Waals surface area contributed by atoms with Gasteiger partial charge in [-0.25, -0.2) is 0 Å². The van der Waals surface area contributed by atoms with Crippen molar-refractivity contribution in [3.8, 4) is 5.75 Å². The summed E-state index contributed by atoms with van der Waals surface area (Å²) in [4.78, 5) is 13.1. The molecule has 7 heteroatoms. The van der Waals surface area contributed by atoms with E-state index in [9.17, 15) is 4.79 Å². The summed E-state index contributed by atoms with van der Waals surface area (Å²) < 4.78 is 7.70. The van der Waals surface area contributed by atoms with Crippen LogP contribution in [-0.4, -0.2) is 26.0 Å². The minimum absolute atomic E-state index is 0.0935. The van der Waals surface area contributed by atoms with Crippen LogP contribution in [0.3, 0.4) is 0 Å². The molecule has 0 bridgehead atoms. The Morgan fingerprint density at radius 3 is 2.80 bits per heavy atom. The van der Waals surface area contributed by atoms with Crippen LogP contribution >= 0.6 is 0 Å². The zero-order chi connectivity index (χ0) is 20.7. The molecule has 0 radical (unpaired) electrons. The SMILES string of the molecule is CC1(C)CC(=O)C2=C(C1)Nc1nnnn1C2c1cccc(OCc2ccccc2)c1. The van der Waals surface area contributed by atoms with Gasteiger partial charge in [0.15, 0.2) is 5.78 Å². The van der Waals surface area contributed by atoms with Crippen molar-refractivity contribution in [2.24, 2.45) is 5.41 Å². The maximum Gasteiger partial charge on any atom is 0.248 e. The summed E-state index contributed by atoms with van der Waals surface area (Å²) in [7, 11) is 0. The zero-order valence-corrected chi connectivity index (χ0v) is 17.0. The first-order valence-corrected chi connectivity index (χ1v) is 10.1. The number of ketones is 1. The highest BCUT2D eigenvalue weighted by atomic mass is 16.5. The number of aromatic nitrogens is 4. The van der Waals surface area contributed by atoms with E-state index in [0.717, 1.165) is 34.6 Å². The van der Waals surface area contributed by atoms with Crippen molar-refractivity contribution in [1.82, 2.24) is 20.2 Å². The Balaban J connectivity index is 1.51. The van der Waals surface area contributed by atoms with Crippen LogP contribution < -0.4 is 10.1 Å². The molecule has 7 nitrogen and oxygen atoms in total. The Hall–Kier alpha value is -3.48. The third-order valence-corrected chi connectivity index (χ3v) is 5.62. The van der Waals surface area contributed by atoms with Crippen LogP contribution in [0.15, 0.2) is 65.9 Å². The molecule has 0 saturated carbocycles. The predicted molar refractivity (Wildman–Crippen MR) is 112 cm³/mol. The number of nitrogens with zero attached hydrogens (tertiary/aromatic N) is 4. The average molecular weight is 401 g/mol. The molecule has 1 atom stereocenters. The normalized spacial score (nSPS) is 19.7. The predicted octanol–water partition coefficient (Wildman–Crippen LogP) is 3.91. The minimum atomic E-state index is -0.366. The molecule has 5 rings (SSSR count). The molecular formula is C23H23N5O2. The second-order valence-electron chi connectivity index (χ2n) is 8.65. The number of allylic oxidation sites excluding steroid dienone is 2. The lowest BCUT2D eigenvalue weighted by atomic mass is 9.73. The number of fused-ring (bicyclic) bond motifs is 1. The second-order valence-corrected chi connectivity index (χ2v) is 8.65. The fourth-order valence-corrected chi connectivity index (χ4v) is 4.29. The highest BCUT2D eigenvalue weighted by Gasteiger charge is 2.41. The van der Waals surface area contributed by atoms with Crippen molar-refractivity contribution in [3.05, 3.63) is 77.0 Å². The molecule has 0 saturated heterocycles. The number of carbonyl (C=O) groups excluding carboxylic acids is 1. The number of ether oxygens (including phenoxy) is 1. The van der Waals surface area contributed by atoms with Gasteiger partial charge in [0, 0.05) is 17.7 Å². The second kappa shape index (κ2) is 7.09. The van der Waals surface area contributed by atoms with Crippen LogP contribution in [0.2, 0.25) is 0 Å². The van der Waals surface area contributed by atoms with Gasteiger partial charge in [0.1, 0.15) is 18.4 Å². The van der Waals surface area contributed by atoms with Crippen molar-refractivity contribution in [2.45, 2.75) is 39.3 Å². The number of hydrogen-bond donors (Lipinski definition) is 1. The van der Waals surface area contributed by atoms with E-state index in [4.69, 9.17) is 4.74 Å². The van der Waals surface area contributed by atoms with Crippen molar-refractivity contribution in [3.63, 3.8) is 0 Å². The lowest BCUT2D eigenvalue weighted by Crippen LogP contribution is -2.36. The van der Waals surface area contributed by atoms with Crippen molar-refractivity contribution >= 4 is 11.7 Å². The monoisotopic (exact) mass is 401 g/mol. The lowest BCUT2D eigenvalue weighted by molar-refractivity contribution is -0.118. The number of tetrazole rings is 1. The first kappa shape index (κ1) is 18.5. The Kier molecular flexibility index (Phi) is 4.38. The Bertz CT molecular complexity index is 1130. The van der Waals surface area contributed by atoms with E-state index in [0.29, 0.717) is 19.0 Å². The van der Waals surface area contributed by atoms with E-state index < -0.39 is 0 Å². The van der Waals surface area contributed by atoms with Crippen LogP contribution in [0.4, 0.5) is 5.95 Å². The third kappa shape index (κ3) is 3.36. The molecule has 2 aromatic carbocycles. The first-order valence-electron chi connectivity index (χ1n) is 10.1. The number of hydrogen-bond acceptors (Lipinski definition) is 6. The lowest BCUT2D eigenvalue weighted by Gasteiger charge is -2.37. The van der Waals surface area contributed by atoms with Gasteiger partial charge in [0.2, 0.25) is 5.95 Å². The summed E-state index contributed by atoms with van der Waals surface area (Å²) in [5.41, 5.74) is 3.59. The van der Waals surface area contributed by atoms with Crippen LogP contribution in [-0.2, 0) is 11.4 Å². The number of Topliss-reactive ketones (excluding diaryl/α,β-unsaturated/α-hetero) is 1. The smallest absolute Gasteiger partial charge is 0.248 e. The summed E-state index contributed by atoms with van der Waals surface area (Å²) in [5, 5.41) is 15.4. The summed E-state index contributed by atoms with van der Waals surface area (Å²) >= 11 is 0. The van der Waals surface area contributed by atoms with Gasteiger partial charge in [-0.05, 0) is 45.5 Å². The van der Waals surface area contributed by atoms with Crippen LogP contribution in [0.5, 0.6) is 5.75 Å². The zero-order valence-electron chi connectivity index (χ0n) is 17.0. The van der Waals surface area contributed by atoms with E-state index in [-0.39, 0.29) is 17.2 Å². The average Bonchev–Trinajstić information content (AvgIpc) is 3.19. The van der Waals surface area contributed by atoms with Gasteiger partial charge in [0.05, 0.1) is 0 Å². The minimum Gasteiger partial charge on any atom is -0.489 e. The van der Waals surface area contributed by atoms with Crippen molar-refractivity contribution < 1.29 is 9.53 Å². The quantitative estimate of drug-likeness (QED) is 0.714. The molecule has 0 fully saturated rings. The molecule has 1 N–H and O–H groups in total. The maximum atomic E-state index is 13.1. The van der Waals surface area contributed by atoms with E-state index in [1.807, 2.05) is 54.6 Å². The van der Waals surface area contributed by atoms with Crippen molar-refractivity contribution in [2.75, 3.05) is 5.32 Å². The molecule has 3 aromatic rings. The topological polar surface area (TPSA) is 81.9 Å². The number of rotatable bonds is 4.